The summed E-state index contributed by atoms with van der Waals surface area (Å²) in [7, 11) is 0. The molecule has 2 aromatic carbocycles. The lowest BCUT2D eigenvalue weighted by Gasteiger charge is -2.11. The first kappa shape index (κ1) is 14.1. The first-order valence-electron chi connectivity index (χ1n) is 5.17. The van der Waals surface area contributed by atoms with Crippen LogP contribution in [0.1, 0.15) is 0 Å². The van der Waals surface area contributed by atoms with Crippen LogP contribution in [0.2, 0.25) is 0 Å². The van der Waals surface area contributed by atoms with E-state index in [4.69, 9.17) is 0 Å². The SMILES string of the molecule is Fc1cccc(I)c1-c1cccc(OC(F)(F)F)c1. The molecule has 2 aromatic rings. The molecule has 0 bridgehead atoms. The topological polar surface area (TPSA) is 9.23 Å². The minimum Gasteiger partial charge on any atom is -0.406 e. The van der Waals surface area contributed by atoms with E-state index in [1.807, 2.05) is 22.6 Å². The van der Waals surface area contributed by atoms with Crippen molar-refractivity contribution in [2.75, 3.05) is 0 Å². The van der Waals surface area contributed by atoms with Crippen molar-refractivity contribution in [2.45, 2.75) is 6.36 Å². The third-order valence-electron chi connectivity index (χ3n) is 2.32. The Morgan fingerprint density at radius 3 is 2.32 bits per heavy atom. The van der Waals surface area contributed by atoms with Crippen LogP contribution in [0.15, 0.2) is 42.5 Å². The summed E-state index contributed by atoms with van der Waals surface area (Å²) in [6.07, 6.45) is -4.76. The van der Waals surface area contributed by atoms with Crippen LogP contribution >= 0.6 is 22.6 Å². The minimum absolute atomic E-state index is 0.260. The Kier molecular flexibility index (Phi) is 3.98. The summed E-state index contributed by atoms with van der Waals surface area (Å²) < 4.78 is 54.6. The van der Waals surface area contributed by atoms with E-state index in [1.165, 1.54) is 30.3 Å². The van der Waals surface area contributed by atoms with Gasteiger partial charge in [-0.1, -0.05) is 18.2 Å². The van der Waals surface area contributed by atoms with Crippen molar-refractivity contribution in [3.05, 3.63) is 51.9 Å². The second kappa shape index (κ2) is 5.36. The summed E-state index contributed by atoms with van der Waals surface area (Å²) in [6, 6.07) is 9.73. The van der Waals surface area contributed by atoms with Gasteiger partial charge in [0.15, 0.2) is 0 Å². The summed E-state index contributed by atoms with van der Waals surface area (Å²) in [6.45, 7) is 0. The summed E-state index contributed by atoms with van der Waals surface area (Å²) in [5.41, 5.74) is 0.597. The number of ether oxygens (including phenoxy) is 1. The molecule has 6 heteroatoms. The van der Waals surface area contributed by atoms with E-state index in [-0.39, 0.29) is 11.3 Å². The maximum absolute atomic E-state index is 13.7. The molecule has 0 atom stereocenters. The van der Waals surface area contributed by atoms with Gasteiger partial charge >= 0.3 is 6.36 Å². The molecule has 0 heterocycles. The number of halogens is 5. The van der Waals surface area contributed by atoms with E-state index < -0.39 is 12.2 Å². The van der Waals surface area contributed by atoms with Gasteiger partial charge in [0.05, 0.1) is 0 Å². The van der Waals surface area contributed by atoms with E-state index >= 15 is 0 Å². The highest BCUT2D eigenvalue weighted by Crippen LogP contribution is 2.32. The molecule has 0 N–H and O–H groups in total. The number of rotatable bonds is 2. The Hall–Kier alpha value is -1.31. The highest BCUT2D eigenvalue weighted by Gasteiger charge is 2.31. The molecule has 0 aliphatic carbocycles. The van der Waals surface area contributed by atoms with Crippen molar-refractivity contribution >= 4 is 22.6 Å². The van der Waals surface area contributed by atoms with E-state index in [0.717, 1.165) is 6.07 Å². The second-order valence-corrected chi connectivity index (χ2v) is 4.83. The molecule has 2 rings (SSSR count). The smallest absolute Gasteiger partial charge is 0.406 e. The maximum atomic E-state index is 13.7. The maximum Gasteiger partial charge on any atom is 0.573 e. The third kappa shape index (κ3) is 3.59. The van der Waals surface area contributed by atoms with Crippen LogP contribution in [0.5, 0.6) is 5.75 Å². The molecule has 19 heavy (non-hydrogen) atoms. The van der Waals surface area contributed by atoms with Crippen LogP contribution in [-0.4, -0.2) is 6.36 Å². The molecule has 100 valence electrons. The number of hydrogen-bond acceptors (Lipinski definition) is 1. The van der Waals surface area contributed by atoms with Crippen LogP contribution in [0.3, 0.4) is 0 Å². The van der Waals surface area contributed by atoms with Crippen molar-refractivity contribution in [2.24, 2.45) is 0 Å². The summed E-state index contributed by atoms with van der Waals surface area (Å²) in [5.74, 6) is -0.861. The minimum atomic E-state index is -4.76. The van der Waals surface area contributed by atoms with Crippen molar-refractivity contribution in [3.8, 4) is 16.9 Å². The lowest BCUT2D eigenvalue weighted by molar-refractivity contribution is -0.274. The monoisotopic (exact) mass is 382 g/mol. The predicted octanol–water partition coefficient (Wildman–Crippen LogP) is 5.00. The standard InChI is InChI=1S/C13H7F4IO/c14-10-5-2-6-11(18)12(10)8-3-1-4-9(7-8)19-13(15,16)17/h1-7H. The molecule has 0 spiro atoms. The Morgan fingerprint density at radius 1 is 1.00 bits per heavy atom. The number of benzene rings is 2. The van der Waals surface area contributed by atoms with Gasteiger partial charge in [-0.2, -0.15) is 0 Å². The van der Waals surface area contributed by atoms with Crippen LogP contribution < -0.4 is 4.74 Å². The zero-order valence-corrected chi connectivity index (χ0v) is 11.5. The third-order valence-corrected chi connectivity index (χ3v) is 3.22. The molecule has 0 saturated heterocycles. The fourth-order valence-electron chi connectivity index (χ4n) is 1.62. The Morgan fingerprint density at radius 2 is 1.68 bits per heavy atom. The zero-order chi connectivity index (χ0) is 14.0. The van der Waals surface area contributed by atoms with Crippen molar-refractivity contribution in [3.63, 3.8) is 0 Å². The van der Waals surface area contributed by atoms with E-state index in [0.29, 0.717) is 9.13 Å². The Balaban J connectivity index is 2.44. The van der Waals surface area contributed by atoms with E-state index in [2.05, 4.69) is 4.74 Å². The van der Waals surface area contributed by atoms with Crippen LogP contribution in [0.25, 0.3) is 11.1 Å². The lowest BCUT2D eigenvalue weighted by atomic mass is 10.1. The van der Waals surface area contributed by atoms with Gasteiger partial charge in [0, 0.05) is 9.13 Å². The molecule has 0 unspecified atom stereocenters. The van der Waals surface area contributed by atoms with Gasteiger partial charge in [-0.25, -0.2) is 4.39 Å². The average Bonchev–Trinajstić information content (AvgIpc) is 2.26. The van der Waals surface area contributed by atoms with Gasteiger partial charge in [-0.15, -0.1) is 13.2 Å². The molecule has 0 aliphatic rings. The van der Waals surface area contributed by atoms with Gasteiger partial charge in [0.25, 0.3) is 0 Å². The second-order valence-electron chi connectivity index (χ2n) is 3.67. The van der Waals surface area contributed by atoms with Crippen molar-refractivity contribution in [1.82, 2.24) is 0 Å². The fourth-order valence-corrected chi connectivity index (χ4v) is 2.40. The van der Waals surface area contributed by atoms with Crippen LogP contribution in [0, 0.1) is 9.39 Å². The summed E-state index contributed by atoms with van der Waals surface area (Å²) in [4.78, 5) is 0. The molecule has 0 fully saturated rings. The molecular weight excluding hydrogens is 375 g/mol. The normalized spacial score (nSPS) is 11.4. The van der Waals surface area contributed by atoms with Gasteiger partial charge in [0.1, 0.15) is 11.6 Å². The first-order valence-corrected chi connectivity index (χ1v) is 6.25. The van der Waals surface area contributed by atoms with Gasteiger partial charge < -0.3 is 4.74 Å². The van der Waals surface area contributed by atoms with Crippen molar-refractivity contribution < 1.29 is 22.3 Å². The highest BCUT2D eigenvalue weighted by atomic mass is 127. The van der Waals surface area contributed by atoms with E-state index in [1.54, 1.807) is 6.07 Å². The quantitative estimate of drug-likeness (QED) is 0.525. The van der Waals surface area contributed by atoms with Gasteiger partial charge in [0.2, 0.25) is 0 Å². The Labute approximate surface area is 120 Å². The van der Waals surface area contributed by atoms with Gasteiger partial charge in [-0.05, 0) is 52.4 Å². The predicted molar refractivity (Wildman–Crippen MR) is 71.2 cm³/mol. The van der Waals surface area contributed by atoms with Crippen molar-refractivity contribution in [1.29, 1.82) is 0 Å². The largest absolute Gasteiger partial charge is 0.573 e. The molecule has 0 amide bonds. The summed E-state index contributed by atoms with van der Waals surface area (Å²) >= 11 is 1.93. The first-order chi connectivity index (χ1) is 8.87. The highest BCUT2D eigenvalue weighted by molar-refractivity contribution is 14.1. The molecule has 0 radical (unpaired) electrons. The fraction of sp³-hybridized carbons (Fsp3) is 0.0769. The molecule has 0 saturated carbocycles. The summed E-state index contributed by atoms with van der Waals surface area (Å²) in [5, 5.41) is 0. The number of hydrogen-bond donors (Lipinski definition) is 0. The molecular formula is C13H7F4IO. The lowest BCUT2D eigenvalue weighted by Crippen LogP contribution is -2.17. The van der Waals surface area contributed by atoms with Crippen LogP contribution in [-0.2, 0) is 0 Å². The van der Waals surface area contributed by atoms with Gasteiger partial charge in [-0.3, -0.25) is 0 Å². The molecule has 1 nitrogen and oxygen atoms in total. The zero-order valence-electron chi connectivity index (χ0n) is 9.34. The van der Waals surface area contributed by atoms with E-state index in [9.17, 15) is 17.6 Å². The Bertz CT molecular complexity index is 575. The molecule has 0 aromatic heterocycles. The average molecular weight is 382 g/mol. The molecule has 0 aliphatic heterocycles. The number of alkyl halides is 3. The van der Waals surface area contributed by atoms with Crippen LogP contribution in [0.4, 0.5) is 17.6 Å².